The van der Waals surface area contributed by atoms with Gasteiger partial charge in [-0.2, -0.15) is 0 Å². The average molecular weight is 482 g/mol. The Labute approximate surface area is 192 Å². The monoisotopic (exact) mass is 481 g/mol. The number of carboxylic acids is 1. The van der Waals surface area contributed by atoms with Crippen LogP contribution in [0.25, 0.3) is 6.08 Å². The molecule has 1 aliphatic rings. The number of amides is 1. The molecular weight excluding hydrogens is 465 g/mol. The zero-order valence-electron chi connectivity index (χ0n) is 16.3. The zero-order chi connectivity index (χ0) is 22.5. The van der Waals surface area contributed by atoms with Crippen molar-refractivity contribution in [3.8, 4) is 11.5 Å². The summed E-state index contributed by atoms with van der Waals surface area (Å²) in [5.74, 6) is -1.29. The molecule has 0 saturated carbocycles. The summed E-state index contributed by atoms with van der Waals surface area (Å²) in [6, 6.07) is 9.41. The molecule has 3 rings (SSSR count). The number of thioether (sulfide) groups is 1. The molecule has 0 aromatic heterocycles. The van der Waals surface area contributed by atoms with E-state index in [0.717, 1.165) is 16.7 Å². The Morgan fingerprint density at radius 2 is 2.06 bits per heavy atom. The minimum Gasteiger partial charge on any atom is -0.490 e. The molecule has 1 amide bonds. The third-order valence-electron chi connectivity index (χ3n) is 4.17. The number of hydrogen-bond acceptors (Lipinski definition) is 6. The van der Waals surface area contributed by atoms with Crippen LogP contribution in [0.5, 0.6) is 11.5 Å². The van der Waals surface area contributed by atoms with Crippen LogP contribution in [0.1, 0.15) is 18.1 Å². The molecule has 1 N–H and O–H groups in total. The summed E-state index contributed by atoms with van der Waals surface area (Å²) in [5.41, 5.74) is 0.869. The molecule has 31 heavy (non-hydrogen) atoms. The Morgan fingerprint density at radius 3 is 2.74 bits per heavy atom. The van der Waals surface area contributed by atoms with Crippen LogP contribution in [0.2, 0.25) is 5.02 Å². The van der Waals surface area contributed by atoms with Gasteiger partial charge in [-0.15, -0.1) is 0 Å². The molecule has 1 heterocycles. The third-order valence-corrected chi connectivity index (χ3v) is 5.90. The van der Waals surface area contributed by atoms with Gasteiger partial charge in [0.2, 0.25) is 0 Å². The maximum absolute atomic E-state index is 14.0. The van der Waals surface area contributed by atoms with Gasteiger partial charge in [0.05, 0.1) is 16.5 Å². The fourth-order valence-electron chi connectivity index (χ4n) is 2.75. The van der Waals surface area contributed by atoms with Gasteiger partial charge in [-0.25, -0.2) is 4.39 Å². The summed E-state index contributed by atoms with van der Waals surface area (Å²) in [6.45, 7) is 1.60. The first-order chi connectivity index (χ1) is 14.8. The average Bonchev–Trinajstić information content (AvgIpc) is 2.96. The summed E-state index contributed by atoms with van der Waals surface area (Å²) in [6.07, 6.45) is 1.60. The lowest BCUT2D eigenvalue weighted by molar-refractivity contribution is -0.140. The van der Waals surface area contributed by atoms with Crippen LogP contribution in [-0.4, -0.2) is 39.4 Å². The van der Waals surface area contributed by atoms with Gasteiger partial charge in [0.25, 0.3) is 5.91 Å². The quantitative estimate of drug-likeness (QED) is 0.431. The minimum absolute atomic E-state index is 0.0846. The van der Waals surface area contributed by atoms with Crippen molar-refractivity contribution in [2.75, 3.05) is 13.2 Å². The van der Waals surface area contributed by atoms with Crippen molar-refractivity contribution in [3.63, 3.8) is 0 Å². The summed E-state index contributed by atoms with van der Waals surface area (Å²) in [7, 11) is 0. The second-order valence-electron chi connectivity index (χ2n) is 6.29. The lowest BCUT2D eigenvalue weighted by atomic mass is 10.1. The van der Waals surface area contributed by atoms with Gasteiger partial charge >= 0.3 is 5.97 Å². The van der Waals surface area contributed by atoms with Crippen molar-refractivity contribution >= 4 is 57.9 Å². The SMILES string of the molecule is CCOc1cc(/C=C2/SC(=S)N(CC(=O)O)C2=O)ccc1OCc1c(F)cccc1Cl. The van der Waals surface area contributed by atoms with Crippen LogP contribution in [-0.2, 0) is 16.2 Å². The van der Waals surface area contributed by atoms with E-state index in [1.54, 1.807) is 37.3 Å². The van der Waals surface area contributed by atoms with E-state index in [-0.39, 0.29) is 21.5 Å². The van der Waals surface area contributed by atoms with Gasteiger partial charge in [-0.05, 0) is 42.8 Å². The van der Waals surface area contributed by atoms with Crippen molar-refractivity contribution in [1.82, 2.24) is 4.90 Å². The molecule has 0 aliphatic carbocycles. The van der Waals surface area contributed by atoms with Gasteiger partial charge in [0.1, 0.15) is 23.3 Å². The summed E-state index contributed by atoms with van der Waals surface area (Å²) in [5, 5.41) is 9.20. The molecule has 162 valence electrons. The summed E-state index contributed by atoms with van der Waals surface area (Å²) in [4.78, 5) is 24.7. The highest BCUT2D eigenvalue weighted by molar-refractivity contribution is 8.26. The van der Waals surface area contributed by atoms with E-state index in [1.165, 1.54) is 12.1 Å². The molecule has 0 unspecified atom stereocenters. The molecule has 2 aromatic carbocycles. The number of hydrogen-bond donors (Lipinski definition) is 1. The van der Waals surface area contributed by atoms with Crippen molar-refractivity contribution in [3.05, 3.63) is 63.3 Å². The van der Waals surface area contributed by atoms with E-state index in [2.05, 4.69) is 0 Å². The van der Waals surface area contributed by atoms with E-state index < -0.39 is 24.2 Å². The first-order valence-corrected chi connectivity index (χ1v) is 10.7. The largest absolute Gasteiger partial charge is 0.490 e. The van der Waals surface area contributed by atoms with E-state index >= 15 is 0 Å². The number of nitrogens with zero attached hydrogens (tertiary/aromatic N) is 1. The zero-order valence-corrected chi connectivity index (χ0v) is 18.7. The number of carboxylic acid groups (broad SMARTS) is 1. The van der Waals surface area contributed by atoms with Crippen LogP contribution in [0, 0.1) is 5.82 Å². The van der Waals surface area contributed by atoms with Crippen LogP contribution < -0.4 is 9.47 Å². The molecule has 1 saturated heterocycles. The van der Waals surface area contributed by atoms with Crippen molar-refractivity contribution in [1.29, 1.82) is 0 Å². The Kier molecular flexibility index (Phi) is 7.53. The van der Waals surface area contributed by atoms with Crippen LogP contribution in [0.15, 0.2) is 41.3 Å². The molecule has 6 nitrogen and oxygen atoms in total. The highest BCUT2D eigenvalue weighted by Crippen LogP contribution is 2.35. The second kappa shape index (κ2) is 10.1. The number of rotatable bonds is 8. The molecule has 1 aliphatic heterocycles. The molecule has 0 atom stereocenters. The number of benzene rings is 2. The molecule has 0 radical (unpaired) electrons. The number of halogens is 2. The molecule has 0 bridgehead atoms. The fourth-order valence-corrected chi connectivity index (χ4v) is 4.22. The van der Waals surface area contributed by atoms with Crippen LogP contribution >= 0.6 is 35.6 Å². The maximum Gasteiger partial charge on any atom is 0.323 e. The lowest BCUT2D eigenvalue weighted by Crippen LogP contribution is -2.33. The Bertz CT molecular complexity index is 1060. The van der Waals surface area contributed by atoms with Crippen molar-refractivity contribution in [2.24, 2.45) is 0 Å². The van der Waals surface area contributed by atoms with Gasteiger partial charge in [0.15, 0.2) is 11.5 Å². The van der Waals surface area contributed by atoms with E-state index in [1.807, 2.05) is 0 Å². The Morgan fingerprint density at radius 1 is 1.29 bits per heavy atom. The maximum atomic E-state index is 14.0. The molecular formula is C21H17ClFNO5S2. The molecule has 1 fully saturated rings. The number of ether oxygens (including phenoxy) is 2. The van der Waals surface area contributed by atoms with Crippen LogP contribution in [0.4, 0.5) is 4.39 Å². The van der Waals surface area contributed by atoms with Gasteiger partial charge in [-0.1, -0.05) is 47.7 Å². The van der Waals surface area contributed by atoms with E-state index in [9.17, 15) is 14.0 Å². The topological polar surface area (TPSA) is 76.1 Å². The smallest absolute Gasteiger partial charge is 0.323 e. The van der Waals surface area contributed by atoms with Gasteiger partial charge in [0, 0.05) is 5.56 Å². The lowest BCUT2D eigenvalue weighted by Gasteiger charge is -2.14. The molecule has 0 spiro atoms. The van der Waals surface area contributed by atoms with Crippen molar-refractivity contribution < 1.29 is 28.6 Å². The molecule has 10 heteroatoms. The standard InChI is InChI=1S/C21H17ClFNO5S2/c1-2-28-17-8-12(9-18-20(27)24(10-19(25)26)21(30)31-18)6-7-16(17)29-11-13-14(22)4-3-5-15(13)23/h3-9H,2,10-11H2,1H3,(H,25,26)/b18-9+. The number of aliphatic carboxylic acids is 1. The van der Waals surface area contributed by atoms with Gasteiger partial charge in [-0.3, -0.25) is 14.5 Å². The normalized spacial score (nSPS) is 14.9. The minimum atomic E-state index is -1.15. The third kappa shape index (κ3) is 5.55. The Hall–Kier alpha value is -2.62. The fraction of sp³-hybridized carbons (Fsp3) is 0.190. The predicted octanol–water partition coefficient (Wildman–Crippen LogP) is 4.74. The number of thiocarbonyl (C=S) groups is 1. The van der Waals surface area contributed by atoms with Crippen LogP contribution in [0.3, 0.4) is 0 Å². The highest BCUT2D eigenvalue weighted by atomic mass is 35.5. The highest BCUT2D eigenvalue weighted by Gasteiger charge is 2.33. The predicted molar refractivity (Wildman–Crippen MR) is 121 cm³/mol. The first-order valence-electron chi connectivity index (χ1n) is 9.09. The van der Waals surface area contributed by atoms with E-state index in [4.69, 9.17) is 38.4 Å². The van der Waals surface area contributed by atoms with E-state index in [0.29, 0.717) is 28.6 Å². The second-order valence-corrected chi connectivity index (χ2v) is 8.37. The molecule has 2 aromatic rings. The number of carbonyl (C=O) groups excluding carboxylic acids is 1. The first kappa shape index (κ1) is 23.1. The van der Waals surface area contributed by atoms with Crippen molar-refractivity contribution in [2.45, 2.75) is 13.5 Å². The summed E-state index contributed by atoms with van der Waals surface area (Å²) < 4.78 is 25.5. The summed E-state index contributed by atoms with van der Waals surface area (Å²) >= 11 is 12.2. The number of carbonyl (C=O) groups is 2. The van der Waals surface area contributed by atoms with Gasteiger partial charge < -0.3 is 14.6 Å². The Balaban J connectivity index is 1.82.